The number of halogens is 1. The molecule has 0 aliphatic heterocycles. The summed E-state index contributed by atoms with van der Waals surface area (Å²) in [5.41, 5.74) is 2.74. The van der Waals surface area contributed by atoms with Crippen LogP contribution in [0.3, 0.4) is 0 Å². The Hall–Kier alpha value is -1.88. The van der Waals surface area contributed by atoms with Gasteiger partial charge in [-0.2, -0.15) is 10.2 Å². The number of hydrogen-bond donors (Lipinski definition) is 2. The predicted octanol–water partition coefficient (Wildman–Crippen LogP) is 5.64. The molecular formula is C23H28IN6O2PS. The third kappa shape index (κ3) is 4.91. The van der Waals surface area contributed by atoms with Crippen LogP contribution in [-0.2, 0) is 16.6 Å². The number of aromatic nitrogens is 5. The molecule has 3 heterocycles. The van der Waals surface area contributed by atoms with Crippen molar-refractivity contribution in [1.82, 2.24) is 24.3 Å². The van der Waals surface area contributed by atoms with Gasteiger partial charge in [0.05, 0.1) is 46.2 Å². The van der Waals surface area contributed by atoms with Crippen LogP contribution in [0.2, 0.25) is 0 Å². The largest absolute Gasteiger partial charge is 0.385 e. The normalized spacial score (nSPS) is 16.0. The highest BCUT2D eigenvalue weighted by Gasteiger charge is 2.33. The minimum Gasteiger partial charge on any atom is -0.385 e. The second-order valence-corrected chi connectivity index (χ2v) is 11.2. The second kappa shape index (κ2) is 10.8. The average molecular weight is 610 g/mol. The molecule has 1 aliphatic rings. The lowest BCUT2D eigenvalue weighted by atomic mass is 9.93. The van der Waals surface area contributed by atoms with E-state index in [0.29, 0.717) is 17.1 Å². The van der Waals surface area contributed by atoms with Gasteiger partial charge in [0.25, 0.3) is 0 Å². The van der Waals surface area contributed by atoms with Crippen molar-refractivity contribution in [3.8, 4) is 5.82 Å². The van der Waals surface area contributed by atoms with Crippen LogP contribution in [0.15, 0.2) is 53.8 Å². The van der Waals surface area contributed by atoms with E-state index < -0.39 is 16.6 Å². The highest BCUT2D eigenvalue weighted by molar-refractivity contribution is 14.2. The van der Waals surface area contributed by atoms with Crippen molar-refractivity contribution >= 4 is 56.0 Å². The van der Waals surface area contributed by atoms with Gasteiger partial charge >= 0.3 is 0 Å². The smallest absolute Gasteiger partial charge is 0.153 e. The maximum atomic E-state index is 13.1. The van der Waals surface area contributed by atoms with Gasteiger partial charge in [0, 0.05) is 11.6 Å². The Morgan fingerprint density at radius 2 is 2.00 bits per heavy atom. The summed E-state index contributed by atoms with van der Waals surface area (Å²) in [6.45, 7) is 5.96. The lowest BCUT2D eigenvalue weighted by Crippen LogP contribution is -2.21. The van der Waals surface area contributed by atoms with Crippen molar-refractivity contribution in [1.29, 1.82) is 0 Å². The molecule has 4 aromatic rings. The number of rotatable bonds is 6. The quantitative estimate of drug-likeness (QED) is 0.218. The van der Waals surface area contributed by atoms with Crippen molar-refractivity contribution in [2.75, 3.05) is 4.72 Å². The van der Waals surface area contributed by atoms with Gasteiger partial charge < -0.3 is 9.83 Å². The Kier molecular flexibility index (Phi) is 8.01. The lowest BCUT2D eigenvalue weighted by molar-refractivity contribution is 0.0444. The molecule has 3 aromatic heterocycles. The molecule has 5 rings (SSSR count). The molecule has 2 unspecified atom stereocenters. The third-order valence-electron chi connectivity index (χ3n) is 5.89. The van der Waals surface area contributed by atoms with Crippen LogP contribution in [0.1, 0.15) is 50.8 Å². The summed E-state index contributed by atoms with van der Waals surface area (Å²) < 4.78 is 19.7. The standard InChI is InChI=1S/C21H22IN6O2PS.C2H6/c1-14-20-17(5-4-6-18(20)28(25-14)31-22)26-32(30)16-12-24-27(13-16)19-11-15(7-10-23-19)21(29)8-2-3-9-21;1-2/h4-7,10-13,26,29,31H,2-3,8-9H2,1H3;1-2H3. The van der Waals surface area contributed by atoms with Gasteiger partial charge in [-0.05, 0) is 71.6 Å². The molecule has 0 radical (unpaired) electrons. The van der Waals surface area contributed by atoms with Crippen LogP contribution in [0, 0.1) is 6.92 Å². The maximum Gasteiger partial charge on any atom is 0.153 e. The van der Waals surface area contributed by atoms with E-state index in [0.717, 1.165) is 53.5 Å². The SMILES string of the molecule is CC.Cc1nn(PI)c2cccc(NS(=O)c3cnn(-c4cc(C5(O)CCCC5)ccn4)c3)c12. The van der Waals surface area contributed by atoms with E-state index in [-0.39, 0.29) is 0 Å². The number of aliphatic hydroxyl groups is 1. The Bertz CT molecular complexity index is 1320. The van der Waals surface area contributed by atoms with Crippen LogP contribution in [-0.4, -0.2) is 33.6 Å². The lowest BCUT2D eigenvalue weighted by Gasteiger charge is -2.22. The zero-order valence-corrected chi connectivity index (χ0v) is 23.3. The molecule has 2 atom stereocenters. The van der Waals surface area contributed by atoms with E-state index in [9.17, 15) is 9.32 Å². The molecule has 0 spiro atoms. The third-order valence-corrected chi connectivity index (χ3v) is 8.80. The van der Waals surface area contributed by atoms with Gasteiger partial charge in [0.15, 0.2) is 16.8 Å². The van der Waals surface area contributed by atoms with E-state index in [1.165, 1.54) is 0 Å². The molecule has 0 saturated heterocycles. The Morgan fingerprint density at radius 1 is 1.24 bits per heavy atom. The van der Waals surface area contributed by atoms with E-state index in [1.54, 1.807) is 23.3 Å². The Labute approximate surface area is 216 Å². The van der Waals surface area contributed by atoms with E-state index >= 15 is 0 Å². The number of aryl methyl sites for hydroxylation is 1. The first-order valence-electron chi connectivity index (χ1n) is 11.3. The van der Waals surface area contributed by atoms with Crippen LogP contribution < -0.4 is 4.72 Å². The van der Waals surface area contributed by atoms with E-state index in [1.807, 2.05) is 55.6 Å². The zero-order valence-electron chi connectivity index (χ0n) is 19.3. The molecule has 180 valence electrons. The van der Waals surface area contributed by atoms with Gasteiger partial charge in [-0.15, -0.1) is 0 Å². The van der Waals surface area contributed by atoms with Crippen molar-refractivity contribution < 1.29 is 9.32 Å². The first kappa shape index (κ1) is 25.2. The summed E-state index contributed by atoms with van der Waals surface area (Å²) in [5, 5.41) is 20.8. The van der Waals surface area contributed by atoms with Crippen LogP contribution in [0.5, 0.6) is 0 Å². The van der Waals surface area contributed by atoms with E-state index in [2.05, 4.69) is 41.9 Å². The van der Waals surface area contributed by atoms with Gasteiger partial charge in [0.1, 0.15) is 0 Å². The maximum absolute atomic E-state index is 13.1. The summed E-state index contributed by atoms with van der Waals surface area (Å²) in [6, 6.07) is 9.58. The molecule has 0 amide bonds. The van der Waals surface area contributed by atoms with Crippen molar-refractivity contribution in [2.45, 2.75) is 57.0 Å². The summed E-state index contributed by atoms with van der Waals surface area (Å²) in [6.07, 6.45) is 9.02. The van der Waals surface area contributed by atoms with Crippen LogP contribution in [0.4, 0.5) is 5.69 Å². The fraction of sp³-hybridized carbons (Fsp3) is 0.348. The number of nitrogens with one attached hydrogen (secondary N) is 1. The number of pyridine rings is 1. The van der Waals surface area contributed by atoms with Crippen LogP contribution >= 0.6 is 28.4 Å². The number of nitrogens with zero attached hydrogens (tertiary/aromatic N) is 5. The minimum atomic E-state index is -1.51. The van der Waals surface area contributed by atoms with Crippen LogP contribution in [0.25, 0.3) is 16.7 Å². The molecule has 34 heavy (non-hydrogen) atoms. The van der Waals surface area contributed by atoms with Gasteiger partial charge in [-0.3, -0.25) is 0 Å². The fourth-order valence-corrected chi connectivity index (χ4v) is 6.66. The highest BCUT2D eigenvalue weighted by Crippen LogP contribution is 2.39. The van der Waals surface area contributed by atoms with Gasteiger partial charge in [0.2, 0.25) is 0 Å². The molecule has 2 N–H and O–H groups in total. The first-order valence-corrected chi connectivity index (χ1v) is 16.5. The molecule has 1 aliphatic carbocycles. The molecular weight excluding hydrogens is 582 g/mol. The minimum absolute atomic E-state index is 0.489. The monoisotopic (exact) mass is 610 g/mol. The van der Waals surface area contributed by atoms with Gasteiger partial charge in [-0.1, -0.05) is 32.8 Å². The molecule has 1 saturated carbocycles. The Balaban J connectivity index is 0.00000133. The highest BCUT2D eigenvalue weighted by atomic mass is 127. The fourth-order valence-electron chi connectivity index (χ4n) is 4.27. The molecule has 8 nitrogen and oxygen atoms in total. The van der Waals surface area contributed by atoms with Gasteiger partial charge in [-0.25, -0.2) is 18.3 Å². The van der Waals surface area contributed by atoms with Crippen molar-refractivity contribution in [2.24, 2.45) is 0 Å². The summed E-state index contributed by atoms with van der Waals surface area (Å²) >= 11 is 2.30. The predicted molar refractivity (Wildman–Crippen MR) is 147 cm³/mol. The number of hydrogen-bond acceptors (Lipinski definition) is 5. The molecule has 0 bridgehead atoms. The Morgan fingerprint density at radius 3 is 2.74 bits per heavy atom. The molecule has 1 aromatic carbocycles. The summed E-state index contributed by atoms with van der Waals surface area (Å²) in [5.74, 6) is 0.591. The topological polar surface area (TPSA) is 97.9 Å². The van der Waals surface area contributed by atoms with Crippen molar-refractivity contribution in [3.63, 3.8) is 0 Å². The number of benzene rings is 1. The summed E-state index contributed by atoms with van der Waals surface area (Å²) in [4.78, 5) is 4.93. The number of fused-ring (bicyclic) bond motifs is 1. The first-order chi connectivity index (χ1) is 16.5. The zero-order chi connectivity index (χ0) is 24.3. The molecule has 11 heteroatoms. The van der Waals surface area contributed by atoms with E-state index in [4.69, 9.17) is 0 Å². The number of anilines is 1. The summed E-state index contributed by atoms with van der Waals surface area (Å²) in [7, 11) is -1.51. The second-order valence-electron chi connectivity index (χ2n) is 7.91. The van der Waals surface area contributed by atoms with Crippen molar-refractivity contribution in [3.05, 3.63) is 60.2 Å². The molecule has 1 fully saturated rings. The average Bonchev–Trinajstić information content (AvgIpc) is 3.60.